The van der Waals surface area contributed by atoms with Crippen molar-refractivity contribution in [2.45, 2.75) is 46.3 Å². The van der Waals surface area contributed by atoms with Crippen LogP contribution in [-0.4, -0.2) is 44.0 Å². The summed E-state index contributed by atoms with van der Waals surface area (Å²) >= 11 is 0. The van der Waals surface area contributed by atoms with Crippen molar-refractivity contribution >= 4 is 0 Å². The number of ether oxygens (including phenoxy) is 2. The molecule has 0 aliphatic heterocycles. The number of hydrogen-bond acceptors (Lipinski definition) is 3. The summed E-state index contributed by atoms with van der Waals surface area (Å²) < 4.78 is 11.2. The normalized spacial score (nSPS) is 16.3. The molecule has 0 N–H and O–H groups in total. The molecule has 1 aliphatic rings. The molecule has 1 saturated carbocycles. The number of hydrogen-bond donors (Lipinski definition) is 0. The highest BCUT2D eigenvalue weighted by Gasteiger charge is 2.25. The molecule has 0 saturated heterocycles. The summed E-state index contributed by atoms with van der Waals surface area (Å²) in [5, 5.41) is 0. The van der Waals surface area contributed by atoms with Gasteiger partial charge in [-0.15, -0.1) is 0 Å². The standard InChI is InChI=1S/C13H27NO2/c1-4-9-14(10-12-7-8-12)11-13(15-5-2)16-6-3/h12-13H,4-11H2,1-3H3. The fraction of sp³-hybridized carbons (Fsp3) is 1.00. The first kappa shape index (κ1) is 13.9. The molecule has 96 valence electrons. The summed E-state index contributed by atoms with van der Waals surface area (Å²) in [6.45, 7) is 11.1. The molecule has 0 bridgehead atoms. The monoisotopic (exact) mass is 229 g/mol. The Hall–Kier alpha value is -0.120. The van der Waals surface area contributed by atoms with Crippen molar-refractivity contribution in [3.8, 4) is 0 Å². The minimum atomic E-state index is -0.0414. The zero-order valence-electron chi connectivity index (χ0n) is 11.1. The van der Waals surface area contributed by atoms with E-state index in [9.17, 15) is 0 Å². The molecule has 0 aromatic rings. The summed E-state index contributed by atoms with van der Waals surface area (Å²) in [7, 11) is 0. The minimum absolute atomic E-state index is 0.0414. The van der Waals surface area contributed by atoms with Crippen LogP contribution < -0.4 is 0 Å². The second-order valence-corrected chi connectivity index (χ2v) is 4.54. The largest absolute Gasteiger partial charge is 0.352 e. The Bertz CT molecular complexity index is 165. The first-order valence-electron chi connectivity index (χ1n) is 6.75. The van der Waals surface area contributed by atoms with Crippen LogP contribution in [0.25, 0.3) is 0 Å². The number of rotatable bonds is 10. The van der Waals surface area contributed by atoms with E-state index in [4.69, 9.17) is 9.47 Å². The lowest BCUT2D eigenvalue weighted by molar-refractivity contribution is -0.147. The maximum absolute atomic E-state index is 5.60. The highest BCUT2D eigenvalue weighted by molar-refractivity contribution is 4.77. The van der Waals surface area contributed by atoms with Gasteiger partial charge in [-0.1, -0.05) is 6.92 Å². The fourth-order valence-electron chi connectivity index (χ4n) is 1.98. The van der Waals surface area contributed by atoms with Crippen molar-refractivity contribution < 1.29 is 9.47 Å². The molecule has 1 fully saturated rings. The molecular weight excluding hydrogens is 202 g/mol. The third kappa shape index (κ3) is 5.83. The molecule has 0 atom stereocenters. The quantitative estimate of drug-likeness (QED) is 0.537. The lowest BCUT2D eigenvalue weighted by Crippen LogP contribution is -2.37. The van der Waals surface area contributed by atoms with Crippen LogP contribution in [0.15, 0.2) is 0 Å². The molecule has 0 spiro atoms. The van der Waals surface area contributed by atoms with Crippen molar-refractivity contribution in [2.75, 3.05) is 32.8 Å². The van der Waals surface area contributed by atoms with E-state index in [1.165, 1.54) is 25.8 Å². The molecule has 0 aromatic carbocycles. The average Bonchev–Trinajstić information content (AvgIpc) is 3.03. The molecule has 3 heteroatoms. The third-order valence-electron chi connectivity index (χ3n) is 2.87. The van der Waals surface area contributed by atoms with Crippen LogP contribution >= 0.6 is 0 Å². The van der Waals surface area contributed by atoms with Gasteiger partial charge in [0.1, 0.15) is 0 Å². The van der Waals surface area contributed by atoms with Crippen LogP contribution in [0.3, 0.4) is 0 Å². The van der Waals surface area contributed by atoms with E-state index in [1.807, 2.05) is 13.8 Å². The van der Waals surface area contributed by atoms with Crippen molar-refractivity contribution in [3.05, 3.63) is 0 Å². The molecule has 0 unspecified atom stereocenters. The fourth-order valence-corrected chi connectivity index (χ4v) is 1.98. The summed E-state index contributed by atoms with van der Waals surface area (Å²) in [6.07, 6.45) is 3.99. The Labute approximate surface area is 100 Å². The zero-order chi connectivity index (χ0) is 11.8. The van der Waals surface area contributed by atoms with Gasteiger partial charge in [0.15, 0.2) is 6.29 Å². The van der Waals surface area contributed by atoms with E-state index in [2.05, 4.69) is 11.8 Å². The Balaban J connectivity index is 2.29. The first-order chi connectivity index (χ1) is 7.80. The second-order valence-electron chi connectivity index (χ2n) is 4.54. The summed E-state index contributed by atoms with van der Waals surface area (Å²) in [4.78, 5) is 2.49. The highest BCUT2D eigenvalue weighted by Crippen LogP contribution is 2.29. The molecule has 3 nitrogen and oxygen atoms in total. The van der Waals surface area contributed by atoms with Gasteiger partial charge in [-0.25, -0.2) is 0 Å². The maximum atomic E-state index is 5.60. The van der Waals surface area contributed by atoms with Crippen molar-refractivity contribution in [3.63, 3.8) is 0 Å². The summed E-state index contributed by atoms with van der Waals surface area (Å²) in [5.74, 6) is 0.940. The summed E-state index contributed by atoms with van der Waals surface area (Å²) in [6, 6.07) is 0. The van der Waals surface area contributed by atoms with E-state index in [1.54, 1.807) is 0 Å². The number of nitrogens with zero attached hydrogens (tertiary/aromatic N) is 1. The van der Waals surface area contributed by atoms with Gasteiger partial charge >= 0.3 is 0 Å². The van der Waals surface area contributed by atoms with Gasteiger partial charge in [0, 0.05) is 26.3 Å². The van der Waals surface area contributed by atoms with E-state index >= 15 is 0 Å². The Morgan fingerprint density at radius 3 is 2.19 bits per heavy atom. The van der Waals surface area contributed by atoms with Gasteiger partial charge in [0.05, 0.1) is 0 Å². The van der Waals surface area contributed by atoms with Gasteiger partial charge in [-0.3, -0.25) is 4.90 Å². The Morgan fingerprint density at radius 2 is 1.75 bits per heavy atom. The van der Waals surface area contributed by atoms with E-state index < -0.39 is 0 Å². The van der Waals surface area contributed by atoms with Crippen LogP contribution in [-0.2, 0) is 9.47 Å². The van der Waals surface area contributed by atoms with Crippen LogP contribution in [0, 0.1) is 5.92 Å². The van der Waals surface area contributed by atoms with Gasteiger partial charge in [-0.2, -0.15) is 0 Å². The molecule has 16 heavy (non-hydrogen) atoms. The lowest BCUT2D eigenvalue weighted by Gasteiger charge is -2.26. The Morgan fingerprint density at radius 1 is 1.12 bits per heavy atom. The van der Waals surface area contributed by atoms with Crippen LogP contribution in [0.1, 0.15) is 40.0 Å². The zero-order valence-corrected chi connectivity index (χ0v) is 11.1. The third-order valence-corrected chi connectivity index (χ3v) is 2.87. The van der Waals surface area contributed by atoms with Crippen molar-refractivity contribution in [2.24, 2.45) is 5.92 Å². The second kappa shape index (κ2) is 8.04. The van der Waals surface area contributed by atoms with E-state index in [-0.39, 0.29) is 6.29 Å². The van der Waals surface area contributed by atoms with Crippen LogP contribution in [0.4, 0.5) is 0 Å². The summed E-state index contributed by atoms with van der Waals surface area (Å²) in [5.41, 5.74) is 0. The lowest BCUT2D eigenvalue weighted by atomic mass is 10.3. The maximum Gasteiger partial charge on any atom is 0.170 e. The van der Waals surface area contributed by atoms with Gasteiger partial charge in [-0.05, 0) is 45.6 Å². The average molecular weight is 229 g/mol. The van der Waals surface area contributed by atoms with Crippen molar-refractivity contribution in [1.82, 2.24) is 4.90 Å². The Kier molecular flexibility index (Phi) is 7.01. The van der Waals surface area contributed by atoms with Crippen molar-refractivity contribution in [1.29, 1.82) is 0 Å². The van der Waals surface area contributed by atoms with Gasteiger partial charge < -0.3 is 9.47 Å². The van der Waals surface area contributed by atoms with Gasteiger partial charge in [0.25, 0.3) is 0 Å². The topological polar surface area (TPSA) is 21.7 Å². The minimum Gasteiger partial charge on any atom is -0.352 e. The van der Waals surface area contributed by atoms with E-state index in [0.717, 1.165) is 32.2 Å². The SMILES string of the molecule is CCCN(CC1CC1)CC(OCC)OCC. The molecule has 0 aromatic heterocycles. The molecular formula is C13H27NO2. The predicted molar refractivity (Wildman–Crippen MR) is 66.5 cm³/mol. The molecule has 1 rings (SSSR count). The molecule has 0 radical (unpaired) electrons. The molecule has 0 heterocycles. The molecule has 0 amide bonds. The van der Waals surface area contributed by atoms with Crippen LogP contribution in [0.5, 0.6) is 0 Å². The van der Waals surface area contributed by atoms with E-state index in [0.29, 0.717) is 0 Å². The first-order valence-corrected chi connectivity index (χ1v) is 6.75. The predicted octanol–water partition coefficient (Wildman–Crippen LogP) is 2.51. The van der Waals surface area contributed by atoms with Gasteiger partial charge in [0.2, 0.25) is 0 Å². The molecule has 1 aliphatic carbocycles. The van der Waals surface area contributed by atoms with Crippen LogP contribution in [0.2, 0.25) is 0 Å². The highest BCUT2D eigenvalue weighted by atomic mass is 16.7. The smallest absolute Gasteiger partial charge is 0.170 e.